The molecule has 1 saturated heterocycles. The number of nitrogens with zero attached hydrogens (tertiary/aromatic N) is 5. The second-order valence-electron chi connectivity index (χ2n) is 8.96. The van der Waals surface area contributed by atoms with Crippen molar-refractivity contribution >= 4 is 57.5 Å². The standard InChI is InChI=1S/C25H27N7O2S2/c1-16-13-17(2)32(30-16)22-20(6-3-9-26-22)28-23(33)21-15-36-24(29-21)18-7-10-31(11-8-18)25(35)27-14-19-5-4-12-34-19/h3-6,9,12,15,18H,7-8,10-11,13-14H2,1-2H3,(H-,27,28,33,35)/p+1. The van der Waals surface area contributed by atoms with Crippen LogP contribution in [0.1, 0.15) is 60.3 Å². The molecule has 3 aromatic rings. The van der Waals surface area contributed by atoms with Gasteiger partial charge in [0.05, 0.1) is 23.5 Å². The number of piperidine rings is 1. The number of carbonyl (C=O) groups is 1. The molecule has 9 nitrogen and oxygen atoms in total. The number of likely N-dealkylation sites (tertiary alicyclic amines) is 1. The molecule has 0 unspecified atom stereocenters. The summed E-state index contributed by atoms with van der Waals surface area (Å²) in [6.45, 7) is 6.27. The Morgan fingerprint density at radius 3 is 2.83 bits per heavy atom. The molecule has 0 aliphatic carbocycles. The van der Waals surface area contributed by atoms with E-state index in [4.69, 9.17) is 16.6 Å². The highest BCUT2D eigenvalue weighted by atomic mass is 32.1. The zero-order chi connectivity index (χ0) is 25.1. The highest BCUT2D eigenvalue weighted by Gasteiger charge is 2.27. The number of carbonyl (C=O) groups excluding carboxylic acids is 1. The molecule has 0 radical (unpaired) electrons. The van der Waals surface area contributed by atoms with Gasteiger partial charge in [0, 0.05) is 30.8 Å². The molecule has 0 atom stereocenters. The van der Waals surface area contributed by atoms with Crippen LogP contribution in [-0.4, -0.2) is 55.1 Å². The molecule has 2 N–H and O–H groups in total. The Morgan fingerprint density at radius 1 is 1.28 bits per heavy atom. The Bertz CT molecular complexity index is 1320. The van der Waals surface area contributed by atoms with Crippen molar-refractivity contribution in [3.05, 3.63) is 58.6 Å². The molecule has 1 fully saturated rings. The molecule has 0 spiro atoms. The minimum atomic E-state index is -0.245. The van der Waals surface area contributed by atoms with Gasteiger partial charge in [-0.15, -0.1) is 16.0 Å². The Hall–Kier alpha value is -3.44. The third kappa shape index (κ3) is 5.36. The van der Waals surface area contributed by atoms with Gasteiger partial charge in [0.2, 0.25) is 0 Å². The minimum Gasteiger partial charge on any atom is -0.467 e. The van der Waals surface area contributed by atoms with E-state index in [2.05, 4.69) is 30.6 Å². The minimum absolute atomic E-state index is 0.245. The number of pyridine rings is 1. The fraction of sp³-hybridized carbons (Fsp3) is 0.360. The molecule has 186 valence electrons. The number of thiazole rings is 1. The molecule has 2 aliphatic heterocycles. The van der Waals surface area contributed by atoms with E-state index in [1.54, 1.807) is 23.2 Å². The summed E-state index contributed by atoms with van der Waals surface area (Å²) in [5.74, 6) is 1.54. The SMILES string of the molecule is CC1=N[N+](c2ncccc2NC(=O)c2csc(C3CCN(C(=S)NCc4ccco4)CC3)n2)=C(C)C1. The van der Waals surface area contributed by atoms with Crippen molar-refractivity contribution in [2.75, 3.05) is 18.4 Å². The van der Waals surface area contributed by atoms with Gasteiger partial charge < -0.3 is 20.0 Å². The van der Waals surface area contributed by atoms with Crippen LogP contribution in [0.5, 0.6) is 0 Å². The maximum atomic E-state index is 13.0. The van der Waals surface area contributed by atoms with Crippen LogP contribution in [0.15, 0.2) is 51.6 Å². The number of aromatic nitrogens is 2. The van der Waals surface area contributed by atoms with E-state index >= 15 is 0 Å². The van der Waals surface area contributed by atoms with E-state index < -0.39 is 0 Å². The van der Waals surface area contributed by atoms with Gasteiger partial charge in [-0.05, 0) is 68.2 Å². The lowest BCUT2D eigenvalue weighted by atomic mass is 9.98. The Labute approximate surface area is 219 Å². The summed E-state index contributed by atoms with van der Waals surface area (Å²) >= 11 is 7.10. The van der Waals surface area contributed by atoms with Crippen LogP contribution in [0.3, 0.4) is 0 Å². The Morgan fingerprint density at radius 2 is 2.11 bits per heavy atom. The normalized spacial score (nSPS) is 16.3. The lowest BCUT2D eigenvalue weighted by molar-refractivity contribution is -0.446. The van der Waals surface area contributed by atoms with Crippen molar-refractivity contribution < 1.29 is 13.9 Å². The van der Waals surface area contributed by atoms with Crippen molar-refractivity contribution in [3.63, 3.8) is 0 Å². The molecule has 5 heterocycles. The summed E-state index contributed by atoms with van der Waals surface area (Å²) in [6.07, 6.45) is 6.03. The monoisotopic (exact) mass is 522 g/mol. The van der Waals surface area contributed by atoms with Crippen LogP contribution in [0.4, 0.5) is 11.5 Å². The molecule has 2 aliphatic rings. The molecule has 0 aromatic carbocycles. The third-order valence-electron chi connectivity index (χ3n) is 6.26. The van der Waals surface area contributed by atoms with Crippen LogP contribution in [0, 0.1) is 0 Å². The highest BCUT2D eigenvalue weighted by molar-refractivity contribution is 7.80. The number of thiocarbonyl (C=S) groups is 1. The summed E-state index contributed by atoms with van der Waals surface area (Å²) in [6, 6.07) is 7.43. The lowest BCUT2D eigenvalue weighted by Crippen LogP contribution is -2.43. The lowest BCUT2D eigenvalue weighted by Gasteiger charge is -2.33. The van der Waals surface area contributed by atoms with Gasteiger partial charge >= 0.3 is 5.82 Å². The van der Waals surface area contributed by atoms with Crippen molar-refractivity contribution in [3.8, 4) is 0 Å². The summed E-state index contributed by atoms with van der Waals surface area (Å²) in [7, 11) is 0. The zero-order valence-electron chi connectivity index (χ0n) is 20.2. The van der Waals surface area contributed by atoms with Crippen molar-refractivity contribution in [1.82, 2.24) is 20.2 Å². The molecule has 36 heavy (non-hydrogen) atoms. The first-order chi connectivity index (χ1) is 17.5. The van der Waals surface area contributed by atoms with Crippen molar-refractivity contribution in [1.29, 1.82) is 0 Å². The number of rotatable bonds is 6. The van der Waals surface area contributed by atoms with Crippen LogP contribution in [0.2, 0.25) is 0 Å². The maximum Gasteiger partial charge on any atom is 0.371 e. The number of furan rings is 1. The molecule has 0 saturated carbocycles. The second kappa shape index (κ2) is 10.7. The second-order valence-corrected chi connectivity index (χ2v) is 10.2. The highest BCUT2D eigenvalue weighted by Crippen LogP contribution is 2.31. The average Bonchev–Trinajstić information content (AvgIpc) is 3.65. The predicted molar refractivity (Wildman–Crippen MR) is 144 cm³/mol. The van der Waals surface area contributed by atoms with Crippen LogP contribution < -0.4 is 10.6 Å². The van der Waals surface area contributed by atoms with E-state index in [9.17, 15) is 4.79 Å². The number of nitrogens with one attached hydrogen (secondary N) is 2. The Kier molecular flexibility index (Phi) is 7.19. The van der Waals surface area contributed by atoms with E-state index in [1.165, 1.54) is 11.3 Å². The van der Waals surface area contributed by atoms with Crippen molar-refractivity contribution in [2.24, 2.45) is 5.10 Å². The summed E-state index contributed by atoms with van der Waals surface area (Å²) in [4.78, 5) is 24.4. The first kappa shape index (κ1) is 24.3. The fourth-order valence-corrected chi connectivity index (χ4v) is 5.64. The molecule has 1 amide bonds. The number of anilines is 1. The summed E-state index contributed by atoms with van der Waals surface area (Å²) < 4.78 is 7.14. The number of hydrazone groups is 1. The number of hydrogen-bond donors (Lipinski definition) is 2. The molecule has 5 rings (SSSR count). The van der Waals surface area contributed by atoms with Gasteiger partial charge in [-0.1, -0.05) is 5.10 Å². The Balaban J connectivity index is 1.18. The van der Waals surface area contributed by atoms with Crippen LogP contribution >= 0.6 is 23.6 Å². The topological polar surface area (TPSA) is 98.7 Å². The van der Waals surface area contributed by atoms with Gasteiger partial charge in [-0.25, -0.2) is 4.98 Å². The molecular formula is C25H28N7O2S2+. The summed E-state index contributed by atoms with van der Waals surface area (Å²) in [5.41, 5.74) is 3.11. The van der Waals surface area contributed by atoms with Crippen LogP contribution in [0.25, 0.3) is 0 Å². The first-order valence-corrected chi connectivity index (χ1v) is 13.2. The maximum absolute atomic E-state index is 13.0. The van der Waals surface area contributed by atoms with Gasteiger partial charge in [-0.3, -0.25) is 4.79 Å². The fourth-order valence-electron chi connectivity index (χ4n) is 4.41. The third-order valence-corrected chi connectivity index (χ3v) is 7.67. The van der Waals surface area contributed by atoms with Crippen LogP contribution in [-0.2, 0) is 6.54 Å². The first-order valence-electron chi connectivity index (χ1n) is 11.9. The van der Waals surface area contributed by atoms with E-state index in [1.807, 2.05) is 37.4 Å². The average molecular weight is 523 g/mol. The molecular weight excluding hydrogens is 494 g/mol. The summed E-state index contributed by atoms with van der Waals surface area (Å²) in [5, 5.41) is 14.4. The largest absolute Gasteiger partial charge is 0.467 e. The predicted octanol–water partition coefficient (Wildman–Crippen LogP) is 4.52. The zero-order valence-corrected chi connectivity index (χ0v) is 21.9. The van der Waals surface area contributed by atoms with Gasteiger partial charge in [-0.2, -0.15) is 0 Å². The van der Waals surface area contributed by atoms with Gasteiger partial charge in [0.25, 0.3) is 5.91 Å². The van der Waals surface area contributed by atoms with E-state index in [0.29, 0.717) is 29.7 Å². The van der Waals surface area contributed by atoms with Gasteiger partial charge in [0.15, 0.2) is 5.11 Å². The smallest absolute Gasteiger partial charge is 0.371 e. The quantitative estimate of drug-likeness (QED) is 0.363. The van der Waals surface area contributed by atoms with Gasteiger partial charge in [0.1, 0.15) is 29.1 Å². The van der Waals surface area contributed by atoms with E-state index in [-0.39, 0.29) is 5.91 Å². The van der Waals surface area contributed by atoms with E-state index in [0.717, 1.165) is 59.7 Å². The number of hydrogen-bond acceptors (Lipinski definition) is 7. The molecule has 11 heteroatoms. The van der Waals surface area contributed by atoms with Crippen molar-refractivity contribution in [2.45, 2.75) is 45.6 Å². The number of amides is 1. The molecule has 0 bridgehead atoms. The molecule has 3 aromatic heterocycles.